The summed E-state index contributed by atoms with van der Waals surface area (Å²) >= 11 is 1.81. The van der Waals surface area contributed by atoms with Crippen LogP contribution in [0.25, 0.3) is 0 Å². The Morgan fingerprint density at radius 2 is 2.48 bits per heavy atom. The lowest BCUT2D eigenvalue weighted by Crippen LogP contribution is -2.44. The van der Waals surface area contributed by atoms with Gasteiger partial charge in [0.15, 0.2) is 0 Å². The van der Waals surface area contributed by atoms with Gasteiger partial charge in [-0.2, -0.15) is 0 Å². The Kier molecular flexibility index (Phi) is 3.95. The van der Waals surface area contributed by atoms with Gasteiger partial charge in [-0.15, -0.1) is 11.3 Å². The Labute approximate surface area is 127 Å². The first-order valence-corrected chi connectivity index (χ1v) is 8.14. The van der Waals surface area contributed by atoms with E-state index in [2.05, 4.69) is 28.6 Å². The average molecular weight is 309 g/mol. The maximum absolute atomic E-state index is 11.8. The molecule has 1 aliphatic heterocycles. The first-order chi connectivity index (χ1) is 10.1. The predicted octanol–water partition coefficient (Wildman–Crippen LogP) is 1.28. The van der Waals surface area contributed by atoms with E-state index in [0.717, 1.165) is 19.5 Å². The lowest BCUT2D eigenvalue weighted by molar-refractivity contribution is -0.497. The number of hydrogen-bond acceptors (Lipinski definition) is 5. The molecule has 1 aromatic rings. The minimum absolute atomic E-state index is 0.170. The molecule has 0 aromatic carbocycles. The molecule has 1 amide bonds. The Hall–Kier alpha value is -1.47. The fraction of sp³-hybridized carbons (Fsp3) is 0.643. The number of carbonyl (C=O) groups is 1. The quantitative estimate of drug-likeness (QED) is 0.656. The summed E-state index contributed by atoms with van der Waals surface area (Å²) in [5.41, 5.74) is 1.39. The molecular formula is C14H19N3O3S. The second kappa shape index (κ2) is 5.73. The van der Waals surface area contributed by atoms with Crippen LogP contribution in [0.2, 0.25) is 0 Å². The Morgan fingerprint density at radius 3 is 3.19 bits per heavy atom. The molecule has 3 unspecified atom stereocenters. The normalized spacial score (nSPS) is 26.0. The minimum Gasteiger partial charge on any atom is -0.354 e. The van der Waals surface area contributed by atoms with Crippen LogP contribution in [-0.4, -0.2) is 40.9 Å². The standard InChI is InChI=1S/C14H19N3O3S/c1-9(7-15-14(18)11-6-12(11)17(19)20)16-4-2-13-10(8-16)3-5-21-13/h3,5,9,11-12H,2,4,6-8H2,1H3,(H,15,18). The van der Waals surface area contributed by atoms with Crippen molar-refractivity contribution in [3.63, 3.8) is 0 Å². The fourth-order valence-corrected chi connectivity index (χ4v) is 3.74. The summed E-state index contributed by atoms with van der Waals surface area (Å²) in [7, 11) is 0. The molecule has 3 rings (SSSR count). The van der Waals surface area contributed by atoms with Gasteiger partial charge in [0.1, 0.15) is 5.92 Å². The molecule has 1 N–H and O–H groups in total. The van der Waals surface area contributed by atoms with E-state index in [1.54, 1.807) is 0 Å². The van der Waals surface area contributed by atoms with Gasteiger partial charge in [-0.3, -0.25) is 19.8 Å². The lowest BCUT2D eigenvalue weighted by atomic mass is 10.1. The summed E-state index contributed by atoms with van der Waals surface area (Å²) in [4.78, 5) is 25.9. The summed E-state index contributed by atoms with van der Waals surface area (Å²) in [5.74, 6) is -0.589. The van der Waals surface area contributed by atoms with Crippen molar-refractivity contribution < 1.29 is 9.72 Å². The van der Waals surface area contributed by atoms with Crippen LogP contribution in [0.3, 0.4) is 0 Å². The highest BCUT2D eigenvalue weighted by molar-refractivity contribution is 7.10. The third kappa shape index (κ3) is 3.08. The monoisotopic (exact) mass is 309 g/mol. The van der Waals surface area contributed by atoms with Gasteiger partial charge >= 0.3 is 0 Å². The SMILES string of the molecule is CC(CNC(=O)C1CC1[N+](=O)[O-])N1CCc2sccc2C1. The van der Waals surface area contributed by atoms with Crippen molar-refractivity contribution in [1.82, 2.24) is 10.2 Å². The highest BCUT2D eigenvalue weighted by Crippen LogP contribution is 2.33. The number of amides is 1. The Morgan fingerprint density at radius 1 is 1.67 bits per heavy atom. The molecule has 0 spiro atoms. The summed E-state index contributed by atoms with van der Waals surface area (Å²) in [6.07, 6.45) is 1.45. The third-order valence-electron chi connectivity index (χ3n) is 4.40. The summed E-state index contributed by atoms with van der Waals surface area (Å²) in [6.45, 7) is 4.58. The van der Waals surface area contributed by atoms with Crippen molar-refractivity contribution in [2.75, 3.05) is 13.1 Å². The highest BCUT2D eigenvalue weighted by Gasteiger charge is 2.53. The van der Waals surface area contributed by atoms with Gasteiger partial charge in [0.25, 0.3) is 0 Å². The summed E-state index contributed by atoms with van der Waals surface area (Å²) in [5, 5.41) is 15.6. The molecule has 7 heteroatoms. The number of fused-ring (bicyclic) bond motifs is 1. The van der Waals surface area contributed by atoms with E-state index in [1.165, 1.54) is 10.4 Å². The Bertz CT molecular complexity index is 559. The molecule has 21 heavy (non-hydrogen) atoms. The summed E-state index contributed by atoms with van der Waals surface area (Å²) < 4.78 is 0. The number of carbonyl (C=O) groups excluding carboxylic acids is 1. The Balaban J connectivity index is 1.46. The van der Waals surface area contributed by atoms with E-state index >= 15 is 0 Å². The van der Waals surface area contributed by atoms with Crippen LogP contribution in [0, 0.1) is 16.0 Å². The molecule has 0 radical (unpaired) electrons. The van der Waals surface area contributed by atoms with Gasteiger partial charge in [-0.05, 0) is 30.4 Å². The lowest BCUT2D eigenvalue weighted by Gasteiger charge is -2.32. The van der Waals surface area contributed by atoms with Crippen LogP contribution < -0.4 is 5.32 Å². The van der Waals surface area contributed by atoms with E-state index in [1.807, 2.05) is 11.3 Å². The third-order valence-corrected chi connectivity index (χ3v) is 5.42. The maximum atomic E-state index is 11.8. The molecule has 1 saturated carbocycles. The van der Waals surface area contributed by atoms with Crippen LogP contribution in [0.1, 0.15) is 23.8 Å². The predicted molar refractivity (Wildman–Crippen MR) is 79.8 cm³/mol. The van der Waals surface area contributed by atoms with Crippen LogP contribution in [-0.2, 0) is 17.8 Å². The first kappa shape index (κ1) is 14.5. The molecule has 1 aromatic heterocycles. The van der Waals surface area contributed by atoms with E-state index in [4.69, 9.17) is 0 Å². The van der Waals surface area contributed by atoms with Crippen molar-refractivity contribution in [3.05, 3.63) is 32.0 Å². The number of hydrogen-bond donors (Lipinski definition) is 1. The number of thiophene rings is 1. The zero-order valence-electron chi connectivity index (χ0n) is 11.9. The molecule has 6 nitrogen and oxygen atoms in total. The van der Waals surface area contributed by atoms with Crippen molar-refractivity contribution in [2.24, 2.45) is 5.92 Å². The maximum Gasteiger partial charge on any atom is 0.230 e. The zero-order valence-corrected chi connectivity index (χ0v) is 12.8. The molecule has 0 saturated heterocycles. The van der Waals surface area contributed by atoms with Crippen molar-refractivity contribution >= 4 is 17.2 Å². The average Bonchev–Trinajstić information content (AvgIpc) is 3.15. The van der Waals surface area contributed by atoms with Gasteiger partial charge in [0.05, 0.1) is 0 Å². The topological polar surface area (TPSA) is 75.5 Å². The van der Waals surface area contributed by atoms with Gasteiger partial charge in [-0.1, -0.05) is 0 Å². The number of nitrogens with one attached hydrogen (secondary N) is 1. The summed E-state index contributed by atoms with van der Waals surface area (Å²) in [6, 6.07) is 1.75. The van der Waals surface area contributed by atoms with E-state index in [0.29, 0.717) is 13.0 Å². The van der Waals surface area contributed by atoms with Crippen LogP contribution in [0.5, 0.6) is 0 Å². The molecular weight excluding hydrogens is 290 g/mol. The van der Waals surface area contributed by atoms with Crippen molar-refractivity contribution in [3.8, 4) is 0 Å². The minimum atomic E-state index is -0.663. The van der Waals surface area contributed by atoms with Crippen molar-refractivity contribution in [1.29, 1.82) is 0 Å². The van der Waals surface area contributed by atoms with Crippen LogP contribution in [0.15, 0.2) is 11.4 Å². The molecule has 1 aliphatic carbocycles. The van der Waals surface area contributed by atoms with E-state index < -0.39 is 12.0 Å². The van der Waals surface area contributed by atoms with Crippen LogP contribution in [0.4, 0.5) is 0 Å². The van der Waals surface area contributed by atoms with Gasteiger partial charge in [0, 0.05) is 41.9 Å². The van der Waals surface area contributed by atoms with Crippen LogP contribution >= 0.6 is 11.3 Å². The smallest absolute Gasteiger partial charge is 0.230 e. The zero-order chi connectivity index (χ0) is 15.0. The largest absolute Gasteiger partial charge is 0.354 e. The van der Waals surface area contributed by atoms with E-state index in [-0.39, 0.29) is 16.9 Å². The molecule has 1 fully saturated rings. The van der Waals surface area contributed by atoms with E-state index in [9.17, 15) is 14.9 Å². The van der Waals surface area contributed by atoms with Gasteiger partial charge < -0.3 is 5.32 Å². The molecule has 114 valence electrons. The molecule has 0 bridgehead atoms. The second-order valence-corrected chi connectivity index (χ2v) is 6.88. The molecule has 2 heterocycles. The second-order valence-electron chi connectivity index (χ2n) is 5.88. The van der Waals surface area contributed by atoms with Gasteiger partial charge in [0.2, 0.25) is 11.9 Å². The first-order valence-electron chi connectivity index (χ1n) is 7.26. The molecule has 3 atom stereocenters. The van der Waals surface area contributed by atoms with Gasteiger partial charge in [-0.25, -0.2) is 0 Å². The molecule has 2 aliphatic rings. The number of nitro groups is 1. The number of rotatable bonds is 5. The van der Waals surface area contributed by atoms with Crippen molar-refractivity contribution in [2.45, 2.75) is 38.4 Å². The fourth-order valence-electron chi connectivity index (χ4n) is 2.85. The highest BCUT2D eigenvalue weighted by atomic mass is 32.1. The number of nitrogens with zero attached hydrogens (tertiary/aromatic N) is 2.